The molecule has 0 radical (unpaired) electrons. The topological polar surface area (TPSA) is 20.3 Å². The summed E-state index contributed by atoms with van der Waals surface area (Å²) in [7, 11) is 0. The lowest BCUT2D eigenvalue weighted by Gasteiger charge is -2.28. The van der Waals surface area contributed by atoms with Gasteiger partial charge in [-0.1, -0.05) is 6.92 Å². The molecule has 0 saturated carbocycles. The highest BCUT2D eigenvalue weighted by Crippen LogP contribution is 2.30. The van der Waals surface area contributed by atoms with Crippen molar-refractivity contribution in [3.63, 3.8) is 0 Å². The van der Waals surface area contributed by atoms with Crippen molar-refractivity contribution < 1.29 is 4.79 Å². The average Bonchev–Trinajstić information content (AvgIpc) is 2.87. The van der Waals surface area contributed by atoms with Crippen LogP contribution in [0.2, 0.25) is 0 Å². The first-order valence-corrected chi connectivity index (χ1v) is 7.49. The van der Waals surface area contributed by atoms with Crippen molar-refractivity contribution in [1.29, 1.82) is 0 Å². The first-order chi connectivity index (χ1) is 8.22. The Morgan fingerprint density at radius 3 is 2.71 bits per heavy atom. The normalized spacial score (nSPS) is 18.1. The van der Waals surface area contributed by atoms with Crippen LogP contribution in [0.5, 0.6) is 0 Å². The van der Waals surface area contributed by atoms with Crippen molar-refractivity contribution in [3.8, 4) is 0 Å². The molecule has 0 aromatic carbocycles. The Kier molecular flexibility index (Phi) is 4.46. The number of carbonyl (C=O) groups is 1. The van der Waals surface area contributed by atoms with Crippen LogP contribution in [0.15, 0.2) is 12.1 Å². The molecule has 2 rings (SSSR count). The van der Waals surface area contributed by atoms with E-state index >= 15 is 0 Å². The Morgan fingerprint density at radius 2 is 2.12 bits per heavy atom. The molecule has 17 heavy (non-hydrogen) atoms. The van der Waals surface area contributed by atoms with E-state index in [0.717, 1.165) is 37.2 Å². The molecule has 4 heteroatoms. The fourth-order valence-electron chi connectivity index (χ4n) is 2.12. The van der Waals surface area contributed by atoms with E-state index in [-0.39, 0.29) is 5.91 Å². The maximum atomic E-state index is 12.2. The summed E-state index contributed by atoms with van der Waals surface area (Å²) in [6, 6.07) is 4.06. The number of thiophene rings is 1. The Hall–Kier alpha value is -0.540. The summed E-state index contributed by atoms with van der Waals surface area (Å²) < 4.78 is 0. The van der Waals surface area contributed by atoms with Gasteiger partial charge in [-0.25, -0.2) is 0 Å². The van der Waals surface area contributed by atoms with Crippen LogP contribution in [0.25, 0.3) is 0 Å². The third-order valence-corrected chi connectivity index (χ3v) is 5.01. The maximum Gasteiger partial charge on any atom is 0.246 e. The molecule has 0 bridgehead atoms. The zero-order valence-electron chi connectivity index (χ0n) is 10.1. The van der Waals surface area contributed by atoms with E-state index in [1.165, 1.54) is 11.3 Å². The largest absolute Gasteiger partial charge is 0.341 e. The molecule has 2 nitrogen and oxygen atoms in total. The number of hydrogen-bond acceptors (Lipinski definition) is 2. The number of rotatable bonds is 3. The monoisotopic (exact) mass is 271 g/mol. The van der Waals surface area contributed by atoms with E-state index in [1.807, 2.05) is 11.0 Å². The van der Waals surface area contributed by atoms with Crippen LogP contribution in [-0.2, 0) is 11.2 Å². The van der Waals surface area contributed by atoms with Crippen molar-refractivity contribution >= 4 is 28.8 Å². The van der Waals surface area contributed by atoms with Crippen molar-refractivity contribution in [2.45, 2.75) is 38.0 Å². The number of amides is 1. The summed E-state index contributed by atoms with van der Waals surface area (Å²) in [5.41, 5.74) is 0. The van der Waals surface area contributed by atoms with Crippen molar-refractivity contribution in [1.82, 2.24) is 4.90 Å². The molecule has 1 atom stereocenters. The van der Waals surface area contributed by atoms with Gasteiger partial charge in [-0.2, -0.15) is 0 Å². The van der Waals surface area contributed by atoms with Gasteiger partial charge in [-0.05, 0) is 37.8 Å². The second-order valence-electron chi connectivity index (χ2n) is 4.41. The molecular formula is C13H18ClNOS. The van der Waals surface area contributed by atoms with Crippen molar-refractivity contribution in [2.24, 2.45) is 0 Å². The number of hydrogen-bond donors (Lipinski definition) is 0. The van der Waals surface area contributed by atoms with Gasteiger partial charge in [0.1, 0.15) is 5.38 Å². The predicted molar refractivity (Wildman–Crippen MR) is 72.7 cm³/mol. The number of aryl methyl sites for hydroxylation is 1. The second-order valence-corrected chi connectivity index (χ2v) is 6.04. The standard InChI is InChI=1S/C13H18ClNOS/c1-2-10-6-7-11(17-10)12(14)13(16)15-8-4-3-5-9-15/h6-7,12H,2-5,8-9H2,1H3. The maximum absolute atomic E-state index is 12.2. The summed E-state index contributed by atoms with van der Waals surface area (Å²) in [4.78, 5) is 16.4. The van der Waals surface area contributed by atoms with Gasteiger partial charge in [0.2, 0.25) is 5.91 Å². The Morgan fingerprint density at radius 1 is 1.41 bits per heavy atom. The van der Waals surface area contributed by atoms with E-state index < -0.39 is 5.38 Å². The lowest BCUT2D eigenvalue weighted by Crippen LogP contribution is -2.37. The molecule has 1 fully saturated rings. The molecular weight excluding hydrogens is 254 g/mol. The molecule has 94 valence electrons. The van der Waals surface area contributed by atoms with Crippen molar-refractivity contribution in [2.75, 3.05) is 13.1 Å². The van der Waals surface area contributed by atoms with Crippen LogP contribution in [0, 0.1) is 0 Å². The van der Waals surface area contributed by atoms with Crippen LogP contribution in [0.4, 0.5) is 0 Å². The van der Waals surface area contributed by atoms with Gasteiger partial charge in [0.15, 0.2) is 0 Å². The van der Waals surface area contributed by atoms with Crippen molar-refractivity contribution in [3.05, 3.63) is 21.9 Å². The summed E-state index contributed by atoms with van der Waals surface area (Å²) in [6.07, 6.45) is 4.46. The smallest absolute Gasteiger partial charge is 0.246 e. The van der Waals surface area contributed by atoms with E-state index in [2.05, 4.69) is 13.0 Å². The molecule has 1 amide bonds. The molecule has 1 unspecified atom stereocenters. The minimum Gasteiger partial charge on any atom is -0.341 e. The highest BCUT2D eigenvalue weighted by molar-refractivity contribution is 7.12. The minimum absolute atomic E-state index is 0.0795. The highest BCUT2D eigenvalue weighted by Gasteiger charge is 2.26. The van der Waals surface area contributed by atoms with Gasteiger partial charge in [0, 0.05) is 22.8 Å². The van der Waals surface area contributed by atoms with Gasteiger partial charge in [0.05, 0.1) is 0 Å². The van der Waals surface area contributed by atoms with Crippen LogP contribution < -0.4 is 0 Å². The van der Waals surface area contributed by atoms with Crippen LogP contribution >= 0.6 is 22.9 Å². The predicted octanol–water partition coefficient (Wildman–Crippen LogP) is 3.60. The lowest BCUT2D eigenvalue weighted by molar-refractivity contribution is -0.131. The highest BCUT2D eigenvalue weighted by atomic mass is 35.5. The number of piperidine rings is 1. The quantitative estimate of drug-likeness (QED) is 0.769. The van der Waals surface area contributed by atoms with Gasteiger partial charge < -0.3 is 4.90 Å². The van der Waals surface area contributed by atoms with E-state index in [9.17, 15) is 4.79 Å². The lowest BCUT2D eigenvalue weighted by atomic mass is 10.1. The Labute approximate surface area is 112 Å². The average molecular weight is 272 g/mol. The van der Waals surface area contributed by atoms with Gasteiger partial charge in [-0.15, -0.1) is 22.9 Å². The van der Waals surface area contributed by atoms with E-state index in [0.29, 0.717) is 0 Å². The fourth-order valence-corrected chi connectivity index (χ4v) is 3.38. The molecule has 0 N–H and O–H groups in total. The third kappa shape index (κ3) is 3.02. The first kappa shape index (κ1) is 12.9. The number of halogens is 1. The second kappa shape index (κ2) is 5.87. The molecule has 1 saturated heterocycles. The zero-order valence-corrected chi connectivity index (χ0v) is 11.7. The number of likely N-dealkylation sites (tertiary alicyclic amines) is 1. The van der Waals surface area contributed by atoms with Gasteiger partial charge in [0.25, 0.3) is 0 Å². The Bertz CT molecular complexity index is 385. The third-order valence-electron chi connectivity index (χ3n) is 3.17. The van der Waals surface area contributed by atoms with Crippen LogP contribution in [0.3, 0.4) is 0 Å². The molecule has 1 aromatic rings. The number of alkyl halides is 1. The summed E-state index contributed by atoms with van der Waals surface area (Å²) in [6.45, 7) is 3.85. The Balaban J connectivity index is 2.02. The van der Waals surface area contributed by atoms with Crippen LogP contribution in [0.1, 0.15) is 41.3 Å². The summed E-state index contributed by atoms with van der Waals surface area (Å²) in [5, 5.41) is -0.488. The van der Waals surface area contributed by atoms with Crippen LogP contribution in [-0.4, -0.2) is 23.9 Å². The van der Waals surface area contributed by atoms with E-state index in [4.69, 9.17) is 11.6 Å². The number of carbonyl (C=O) groups excluding carboxylic acids is 1. The molecule has 1 aliphatic heterocycles. The number of nitrogens with zero attached hydrogens (tertiary/aromatic N) is 1. The van der Waals surface area contributed by atoms with E-state index in [1.54, 1.807) is 11.3 Å². The molecule has 1 aliphatic rings. The zero-order chi connectivity index (χ0) is 12.3. The molecule has 0 aliphatic carbocycles. The summed E-state index contributed by atoms with van der Waals surface area (Å²) in [5.74, 6) is 0.0795. The summed E-state index contributed by atoms with van der Waals surface area (Å²) >= 11 is 7.93. The SMILES string of the molecule is CCc1ccc(C(Cl)C(=O)N2CCCCC2)s1. The van der Waals surface area contributed by atoms with Gasteiger partial charge in [-0.3, -0.25) is 4.79 Å². The van der Waals surface area contributed by atoms with Gasteiger partial charge >= 0.3 is 0 Å². The minimum atomic E-state index is -0.488. The fraction of sp³-hybridized carbons (Fsp3) is 0.615. The molecule has 0 spiro atoms. The molecule has 2 heterocycles. The molecule has 1 aromatic heterocycles. The first-order valence-electron chi connectivity index (χ1n) is 6.24.